The maximum absolute atomic E-state index is 11.6. The molecule has 0 fully saturated rings. The van der Waals surface area contributed by atoms with E-state index in [9.17, 15) is 9.90 Å². The first kappa shape index (κ1) is 19.5. The van der Waals surface area contributed by atoms with Crippen molar-refractivity contribution in [3.63, 3.8) is 0 Å². The lowest BCUT2D eigenvalue weighted by Gasteiger charge is -2.29. The Labute approximate surface area is 177 Å². The summed E-state index contributed by atoms with van der Waals surface area (Å²) in [6, 6.07) is 13.3. The number of rotatable bonds is 5. The van der Waals surface area contributed by atoms with Crippen molar-refractivity contribution in [1.82, 2.24) is 9.97 Å². The molecule has 1 aliphatic heterocycles. The predicted molar refractivity (Wildman–Crippen MR) is 111 cm³/mol. The van der Waals surface area contributed by atoms with E-state index < -0.39 is 5.97 Å². The predicted octanol–water partition coefficient (Wildman–Crippen LogP) is 4.62. The third kappa shape index (κ3) is 4.13. The number of nitrogens with zero attached hydrogens (tertiary/aromatic N) is 3. The van der Waals surface area contributed by atoms with E-state index in [1.165, 1.54) is 17.3 Å². The summed E-state index contributed by atoms with van der Waals surface area (Å²) < 4.78 is 5.70. The van der Waals surface area contributed by atoms with Gasteiger partial charge in [-0.25, -0.2) is 14.8 Å². The molecule has 3 aromatic rings. The minimum absolute atomic E-state index is 0.00990. The second-order valence-corrected chi connectivity index (χ2v) is 7.40. The SMILES string of the molecule is O=C(O)c1cnc(N2CCc3ccccc3C2)nc1COc1cccc(Cl)c1Cl. The standard InChI is InChI=1S/C21H17Cl2N3O3/c22-16-6-3-7-18(19(16)23)29-12-17-15(20(27)28)10-24-21(25-17)26-9-8-13-4-1-2-5-14(13)11-26/h1-7,10H,8-9,11-12H2,(H,27,28). The van der Waals surface area contributed by atoms with Crippen molar-refractivity contribution >= 4 is 35.1 Å². The van der Waals surface area contributed by atoms with Crippen molar-refractivity contribution < 1.29 is 14.6 Å². The summed E-state index contributed by atoms with van der Waals surface area (Å²) in [5.74, 6) is -0.279. The molecule has 0 radical (unpaired) electrons. The Balaban J connectivity index is 1.60. The number of anilines is 1. The van der Waals surface area contributed by atoms with Crippen LogP contribution in [0.15, 0.2) is 48.7 Å². The highest BCUT2D eigenvalue weighted by atomic mass is 35.5. The average molecular weight is 430 g/mol. The molecule has 0 spiro atoms. The molecule has 29 heavy (non-hydrogen) atoms. The van der Waals surface area contributed by atoms with Gasteiger partial charge in [0.15, 0.2) is 0 Å². The Morgan fingerprint density at radius 2 is 1.93 bits per heavy atom. The Hall–Kier alpha value is -2.83. The molecule has 1 aliphatic rings. The zero-order chi connectivity index (χ0) is 20.4. The fourth-order valence-corrected chi connectivity index (χ4v) is 3.60. The van der Waals surface area contributed by atoms with Crippen LogP contribution in [-0.4, -0.2) is 27.6 Å². The molecule has 4 rings (SSSR count). The Morgan fingerprint density at radius 3 is 2.72 bits per heavy atom. The summed E-state index contributed by atoms with van der Waals surface area (Å²) in [6.45, 7) is 1.36. The fourth-order valence-electron chi connectivity index (χ4n) is 3.26. The van der Waals surface area contributed by atoms with Gasteiger partial charge in [0.05, 0.1) is 10.7 Å². The number of halogens is 2. The van der Waals surface area contributed by atoms with E-state index in [1.807, 2.05) is 17.0 Å². The van der Waals surface area contributed by atoms with Gasteiger partial charge in [-0.15, -0.1) is 0 Å². The normalized spacial score (nSPS) is 13.1. The molecule has 2 heterocycles. The van der Waals surface area contributed by atoms with Gasteiger partial charge in [-0.05, 0) is 29.7 Å². The highest BCUT2D eigenvalue weighted by Crippen LogP contribution is 2.32. The lowest BCUT2D eigenvalue weighted by Crippen LogP contribution is -2.32. The third-order valence-corrected chi connectivity index (χ3v) is 5.58. The van der Waals surface area contributed by atoms with Gasteiger partial charge < -0.3 is 14.7 Å². The van der Waals surface area contributed by atoms with Crippen LogP contribution in [0.2, 0.25) is 10.0 Å². The first-order valence-electron chi connectivity index (χ1n) is 9.00. The fraction of sp³-hybridized carbons (Fsp3) is 0.190. The van der Waals surface area contributed by atoms with Gasteiger partial charge in [0.1, 0.15) is 22.9 Å². The first-order valence-corrected chi connectivity index (χ1v) is 9.76. The minimum atomic E-state index is -1.11. The largest absolute Gasteiger partial charge is 0.486 e. The molecule has 8 heteroatoms. The quantitative estimate of drug-likeness (QED) is 0.637. The Bertz CT molecular complexity index is 1070. The second kappa shape index (κ2) is 8.27. The lowest BCUT2D eigenvalue weighted by atomic mass is 10.0. The van der Waals surface area contributed by atoms with Crippen LogP contribution in [0.1, 0.15) is 27.2 Å². The molecule has 148 valence electrons. The Kier molecular flexibility index (Phi) is 5.56. The zero-order valence-electron chi connectivity index (χ0n) is 15.3. The number of ether oxygens (including phenoxy) is 1. The third-order valence-electron chi connectivity index (χ3n) is 4.78. The summed E-state index contributed by atoms with van der Waals surface area (Å²) in [5.41, 5.74) is 2.79. The number of carbonyl (C=O) groups is 1. The average Bonchev–Trinajstić information content (AvgIpc) is 2.74. The van der Waals surface area contributed by atoms with Crippen LogP contribution >= 0.6 is 23.2 Å². The molecule has 0 bridgehead atoms. The molecule has 0 atom stereocenters. The van der Waals surface area contributed by atoms with Gasteiger partial charge in [0, 0.05) is 19.3 Å². The number of fused-ring (bicyclic) bond motifs is 1. The van der Waals surface area contributed by atoms with E-state index in [0.29, 0.717) is 23.3 Å². The molecule has 6 nitrogen and oxygen atoms in total. The first-order chi connectivity index (χ1) is 14.0. The van der Waals surface area contributed by atoms with Gasteiger partial charge in [-0.1, -0.05) is 53.5 Å². The maximum Gasteiger partial charge on any atom is 0.339 e. The van der Waals surface area contributed by atoms with Crippen LogP contribution < -0.4 is 9.64 Å². The molecule has 0 amide bonds. The molecule has 1 aromatic heterocycles. The lowest BCUT2D eigenvalue weighted by molar-refractivity contribution is 0.0692. The molecular formula is C21H17Cl2N3O3. The summed E-state index contributed by atoms with van der Waals surface area (Å²) in [7, 11) is 0. The highest BCUT2D eigenvalue weighted by molar-refractivity contribution is 6.42. The number of carboxylic acid groups (broad SMARTS) is 1. The van der Waals surface area contributed by atoms with Crippen molar-refractivity contribution in [1.29, 1.82) is 0 Å². The summed E-state index contributed by atoms with van der Waals surface area (Å²) in [5, 5.41) is 10.1. The number of hydrogen-bond donors (Lipinski definition) is 1. The van der Waals surface area contributed by atoms with Crippen LogP contribution in [0.5, 0.6) is 5.75 Å². The molecule has 0 saturated heterocycles. The van der Waals surface area contributed by atoms with E-state index in [2.05, 4.69) is 22.1 Å². The van der Waals surface area contributed by atoms with Crippen molar-refractivity contribution in [3.05, 3.63) is 81.1 Å². The van der Waals surface area contributed by atoms with Crippen molar-refractivity contribution in [2.45, 2.75) is 19.6 Å². The molecule has 2 aromatic carbocycles. The number of hydrogen-bond acceptors (Lipinski definition) is 5. The van der Waals surface area contributed by atoms with Gasteiger partial charge >= 0.3 is 5.97 Å². The topological polar surface area (TPSA) is 75.5 Å². The minimum Gasteiger partial charge on any atom is -0.486 e. The molecular weight excluding hydrogens is 413 g/mol. The molecule has 0 aliphatic carbocycles. The van der Waals surface area contributed by atoms with E-state index in [4.69, 9.17) is 27.9 Å². The number of aromatic nitrogens is 2. The van der Waals surface area contributed by atoms with Crippen LogP contribution in [0, 0.1) is 0 Å². The number of aromatic carboxylic acids is 1. The number of carboxylic acids is 1. The van der Waals surface area contributed by atoms with E-state index in [1.54, 1.807) is 18.2 Å². The van der Waals surface area contributed by atoms with Crippen LogP contribution in [-0.2, 0) is 19.6 Å². The van der Waals surface area contributed by atoms with E-state index in [0.717, 1.165) is 13.0 Å². The Morgan fingerprint density at radius 1 is 1.14 bits per heavy atom. The maximum atomic E-state index is 11.6. The van der Waals surface area contributed by atoms with Crippen molar-refractivity contribution in [2.24, 2.45) is 0 Å². The van der Waals surface area contributed by atoms with Gasteiger partial charge in [0.2, 0.25) is 5.95 Å². The van der Waals surface area contributed by atoms with Crippen molar-refractivity contribution in [2.75, 3.05) is 11.4 Å². The van der Waals surface area contributed by atoms with Gasteiger partial charge in [-0.2, -0.15) is 0 Å². The summed E-state index contributed by atoms with van der Waals surface area (Å²) in [6.07, 6.45) is 2.20. The van der Waals surface area contributed by atoms with Crippen LogP contribution in [0.4, 0.5) is 5.95 Å². The monoisotopic (exact) mass is 429 g/mol. The van der Waals surface area contributed by atoms with E-state index in [-0.39, 0.29) is 22.9 Å². The zero-order valence-corrected chi connectivity index (χ0v) is 16.8. The van der Waals surface area contributed by atoms with Gasteiger partial charge in [-0.3, -0.25) is 0 Å². The van der Waals surface area contributed by atoms with E-state index >= 15 is 0 Å². The van der Waals surface area contributed by atoms with Crippen molar-refractivity contribution in [3.8, 4) is 5.75 Å². The van der Waals surface area contributed by atoms with Gasteiger partial charge in [0.25, 0.3) is 0 Å². The van der Waals surface area contributed by atoms with Crippen LogP contribution in [0.3, 0.4) is 0 Å². The highest BCUT2D eigenvalue weighted by Gasteiger charge is 2.21. The smallest absolute Gasteiger partial charge is 0.339 e. The second-order valence-electron chi connectivity index (χ2n) is 6.62. The molecule has 0 unspecified atom stereocenters. The number of benzene rings is 2. The summed E-state index contributed by atoms with van der Waals surface area (Å²) in [4.78, 5) is 22.4. The molecule has 1 N–H and O–H groups in total. The van der Waals surface area contributed by atoms with Crippen LogP contribution in [0.25, 0.3) is 0 Å². The molecule has 0 saturated carbocycles. The summed E-state index contributed by atoms with van der Waals surface area (Å²) >= 11 is 12.2.